The van der Waals surface area contributed by atoms with E-state index in [4.69, 9.17) is 11.6 Å². The Morgan fingerprint density at radius 3 is 2.70 bits per heavy atom. The van der Waals surface area contributed by atoms with Crippen molar-refractivity contribution in [2.24, 2.45) is 5.92 Å². The van der Waals surface area contributed by atoms with Crippen molar-refractivity contribution >= 4 is 17.5 Å². The Morgan fingerprint density at radius 2 is 2.10 bits per heavy atom. The number of nitrogens with zero attached hydrogens (tertiary/aromatic N) is 1. The first kappa shape index (κ1) is 14.9. The summed E-state index contributed by atoms with van der Waals surface area (Å²) < 4.78 is 0. The van der Waals surface area contributed by atoms with Crippen LogP contribution in [0.3, 0.4) is 0 Å². The second-order valence-corrected chi connectivity index (χ2v) is 5.87. The van der Waals surface area contributed by atoms with E-state index in [1.807, 2.05) is 6.92 Å². The molecule has 1 aliphatic carbocycles. The number of aryl methyl sites for hydroxylation is 1. The number of carbonyl (C=O) groups is 1. The summed E-state index contributed by atoms with van der Waals surface area (Å²) >= 11 is 5.89. The van der Waals surface area contributed by atoms with Crippen molar-refractivity contribution in [3.63, 3.8) is 0 Å². The largest absolute Gasteiger partial charge is 0.336 e. The van der Waals surface area contributed by atoms with E-state index in [0.717, 1.165) is 31.2 Å². The van der Waals surface area contributed by atoms with E-state index in [-0.39, 0.29) is 11.8 Å². The maximum Gasteiger partial charge on any atom is 0.252 e. The number of hydrogen-bond acceptors (Lipinski definition) is 2. The van der Waals surface area contributed by atoms with Crippen molar-refractivity contribution in [2.75, 3.05) is 0 Å². The standard InChI is InChI=1S/C16H19ClN2O/c1-11-9-13(17)7-8-14(11)16(20)19-15(10-18)12-5-3-2-4-6-12/h7-9,12,15H,2-6H2,1H3,(H,19,20). The van der Waals surface area contributed by atoms with Crippen LogP contribution < -0.4 is 5.32 Å². The monoisotopic (exact) mass is 290 g/mol. The summed E-state index contributed by atoms with van der Waals surface area (Å²) in [5.74, 6) is 0.0987. The van der Waals surface area contributed by atoms with E-state index in [0.29, 0.717) is 10.6 Å². The zero-order valence-corrected chi connectivity index (χ0v) is 12.4. The van der Waals surface area contributed by atoms with Gasteiger partial charge < -0.3 is 5.32 Å². The Balaban J connectivity index is 2.07. The van der Waals surface area contributed by atoms with Crippen molar-refractivity contribution in [2.45, 2.75) is 45.1 Å². The minimum absolute atomic E-state index is 0.184. The van der Waals surface area contributed by atoms with Crippen LogP contribution in [0.4, 0.5) is 0 Å². The quantitative estimate of drug-likeness (QED) is 0.919. The number of carbonyl (C=O) groups excluding carboxylic acids is 1. The molecule has 1 unspecified atom stereocenters. The van der Waals surface area contributed by atoms with Gasteiger partial charge in [0.15, 0.2) is 0 Å². The number of nitriles is 1. The molecule has 1 N–H and O–H groups in total. The Morgan fingerprint density at radius 1 is 1.40 bits per heavy atom. The van der Waals surface area contributed by atoms with Crippen LogP contribution in [-0.4, -0.2) is 11.9 Å². The smallest absolute Gasteiger partial charge is 0.252 e. The van der Waals surface area contributed by atoms with E-state index in [9.17, 15) is 10.1 Å². The minimum atomic E-state index is -0.391. The molecule has 0 radical (unpaired) electrons. The van der Waals surface area contributed by atoms with Gasteiger partial charge in [-0.05, 0) is 49.4 Å². The lowest BCUT2D eigenvalue weighted by atomic mass is 9.84. The molecule has 1 aliphatic rings. The van der Waals surface area contributed by atoms with Gasteiger partial charge in [0.25, 0.3) is 5.91 Å². The molecule has 4 heteroatoms. The average molecular weight is 291 g/mol. The van der Waals surface area contributed by atoms with Crippen LogP contribution in [0, 0.1) is 24.2 Å². The van der Waals surface area contributed by atoms with Gasteiger partial charge in [-0.25, -0.2) is 0 Å². The molecular formula is C16H19ClN2O. The molecule has 0 aliphatic heterocycles. The highest BCUT2D eigenvalue weighted by atomic mass is 35.5. The van der Waals surface area contributed by atoms with E-state index in [2.05, 4.69) is 11.4 Å². The van der Waals surface area contributed by atoms with E-state index >= 15 is 0 Å². The van der Waals surface area contributed by atoms with Crippen LogP contribution in [0.5, 0.6) is 0 Å². The van der Waals surface area contributed by atoms with E-state index < -0.39 is 6.04 Å². The number of rotatable bonds is 3. The summed E-state index contributed by atoms with van der Waals surface area (Å²) in [5.41, 5.74) is 1.42. The molecular weight excluding hydrogens is 272 g/mol. The number of nitrogens with one attached hydrogen (secondary N) is 1. The van der Waals surface area contributed by atoms with Crippen LogP contribution in [0.1, 0.15) is 48.0 Å². The predicted octanol–water partition coefficient (Wildman–Crippen LogP) is 3.85. The van der Waals surface area contributed by atoms with E-state index in [1.54, 1.807) is 18.2 Å². The number of halogens is 1. The molecule has 1 aromatic rings. The maximum atomic E-state index is 12.3. The SMILES string of the molecule is Cc1cc(Cl)ccc1C(=O)NC(C#N)C1CCCCC1. The molecule has 20 heavy (non-hydrogen) atoms. The van der Waals surface area contributed by atoms with Gasteiger partial charge in [-0.3, -0.25) is 4.79 Å². The molecule has 106 valence electrons. The van der Waals surface area contributed by atoms with Crippen molar-refractivity contribution in [1.82, 2.24) is 5.32 Å². The molecule has 0 saturated heterocycles. The average Bonchev–Trinajstić information content (AvgIpc) is 2.45. The molecule has 1 amide bonds. The van der Waals surface area contributed by atoms with Crippen LogP contribution >= 0.6 is 11.6 Å². The Hall–Kier alpha value is -1.53. The number of hydrogen-bond donors (Lipinski definition) is 1. The van der Waals surface area contributed by atoms with Gasteiger partial charge in [0.05, 0.1) is 6.07 Å². The summed E-state index contributed by atoms with van der Waals surface area (Å²) in [4.78, 5) is 12.3. The first-order valence-electron chi connectivity index (χ1n) is 7.08. The molecule has 0 aromatic heterocycles. The van der Waals surface area contributed by atoms with Crippen molar-refractivity contribution in [3.05, 3.63) is 34.3 Å². The highest BCUT2D eigenvalue weighted by Gasteiger charge is 2.25. The molecule has 0 spiro atoms. The molecule has 1 saturated carbocycles. The molecule has 1 aromatic carbocycles. The van der Waals surface area contributed by atoms with Crippen LogP contribution in [0.15, 0.2) is 18.2 Å². The third kappa shape index (κ3) is 3.52. The lowest BCUT2D eigenvalue weighted by molar-refractivity contribution is 0.0928. The molecule has 1 atom stereocenters. The minimum Gasteiger partial charge on any atom is -0.336 e. The van der Waals surface area contributed by atoms with Gasteiger partial charge in [0.2, 0.25) is 0 Å². The summed E-state index contributed by atoms with van der Waals surface area (Å²) in [6.07, 6.45) is 5.59. The summed E-state index contributed by atoms with van der Waals surface area (Å²) in [5, 5.41) is 12.8. The zero-order chi connectivity index (χ0) is 14.5. The van der Waals surface area contributed by atoms with Crippen LogP contribution in [-0.2, 0) is 0 Å². The third-order valence-electron chi connectivity index (χ3n) is 3.98. The molecule has 1 fully saturated rings. The Labute approximate surface area is 124 Å². The van der Waals surface area contributed by atoms with Crippen molar-refractivity contribution in [3.8, 4) is 6.07 Å². The second kappa shape index (κ2) is 6.76. The normalized spacial score (nSPS) is 17.2. The summed E-state index contributed by atoms with van der Waals surface area (Å²) in [7, 11) is 0. The van der Waals surface area contributed by atoms with Gasteiger partial charge in [-0.2, -0.15) is 5.26 Å². The maximum absolute atomic E-state index is 12.3. The summed E-state index contributed by atoms with van der Waals surface area (Å²) in [6, 6.07) is 7.03. The van der Waals surface area contributed by atoms with Crippen molar-refractivity contribution < 1.29 is 4.79 Å². The molecule has 3 nitrogen and oxygen atoms in total. The first-order chi connectivity index (χ1) is 9.61. The van der Waals surface area contributed by atoms with Gasteiger partial charge >= 0.3 is 0 Å². The molecule has 0 heterocycles. The Kier molecular flexibility index (Phi) is 5.03. The second-order valence-electron chi connectivity index (χ2n) is 5.44. The van der Waals surface area contributed by atoms with Gasteiger partial charge in [0.1, 0.15) is 6.04 Å². The summed E-state index contributed by atoms with van der Waals surface area (Å²) in [6.45, 7) is 1.85. The highest BCUT2D eigenvalue weighted by molar-refractivity contribution is 6.30. The fraction of sp³-hybridized carbons (Fsp3) is 0.500. The van der Waals surface area contributed by atoms with Crippen molar-refractivity contribution in [1.29, 1.82) is 5.26 Å². The third-order valence-corrected chi connectivity index (χ3v) is 4.22. The molecule has 0 bridgehead atoms. The fourth-order valence-corrected chi connectivity index (χ4v) is 3.05. The fourth-order valence-electron chi connectivity index (χ4n) is 2.82. The van der Waals surface area contributed by atoms with Gasteiger partial charge in [-0.1, -0.05) is 30.9 Å². The lowest BCUT2D eigenvalue weighted by Crippen LogP contribution is -2.40. The van der Waals surface area contributed by atoms with Crippen LogP contribution in [0.2, 0.25) is 5.02 Å². The Bertz CT molecular complexity index is 530. The van der Waals surface area contributed by atoms with Gasteiger partial charge in [-0.15, -0.1) is 0 Å². The zero-order valence-electron chi connectivity index (χ0n) is 11.7. The predicted molar refractivity (Wildman–Crippen MR) is 79.6 cm³/mol. The van der Waals surface area contributed by atoms with Crippen LogP contribution in [0.25, 0.3) is 0 Å². The first-order valence-corrected chi connectivity index (χ1v) is 7.46. The van der Waals surface area contributed by atoms with Gasteiger partial charge in [0, 0.05) is 10.6 Å². The highest BCUT2D eigenvalue weighted by Crippen LogP contribution is 2.26. The lowest BCUT2D eigenvalue weighted by Gasteiger charge is -2.26. The number of amides is 1. The number of benzene rings is 1. The topological polar surface area (TPSA) is 52.9 Å². The van der Waals surface area contributed by atoms with E-state index in [1.165, 1.54) is 6.42 Å². The molecule has 2 rings (SSSR count).